The molecule has 2 aromatic heterocycles. The van der Waals surface area contributed by atoms with Gasteiger partial charge in [-0.25, -0.2) is 31.9 Å². The normalized spacial score (nSPS) is 12.5. The molecule has 0 amide bonds. The van der Waals surface area contributed by atoms with Gasteiger partial charge in [-0.2, -0.15) is 0 Å². The molecule has 11 heteroatoms. The van der Waals surface area contributed by atoms with Crippen molar-refractivity contribution >= 4 is 19.9 Å². The van der Waals surface area contributed by atoms with Gasteiger partial charge in [-0.3, -0.25) is 0 Å². The Hall–Kier alpha value is -2.24. The maximum absolute atomic E-state index is 11.1. The van der Waals surface area contributed by atoms with Gasteiger partial charge in [0.05, 0.1) is 12.4 Å². The van der Waals surface area contributed by atoms with Crippen molar-refractivity contribution in [3.8, 4) is 11.5 Å². The molecule has 0 bridgehead atoms. The third kappa shape index (κ3) is 9.99. The van der Waals surface area contributed by atoms with Crippen molar-refractivity contribution in [2.45, 2.75) is 62.8 Å². The third-order valence-corrected chi connectivity index (χ3v) is 4.76. The number of ether oxygens (including phenoxy) is 2. The summed E-state index contributed by atoms with van der Waals surface area (Å²) in [6.45, 7) is 11.4. The lowest BCUT2D eigenvalue weighted by Gasteiger charge is -2.20. The zero-order chi connectivity index (χ0) is 23.4. The van der Waals surface area contributed by atoms with Gasteiger partial charge < -0.3 is 9.47 Å². The molecule has 0 aliphatic heterocycles. The van der Waals surface area contributed by atoms with E-state index in [1.54, 1.807) is 6.07 Å². The predicted octanol–water partition coefficient (Wildman–Crippen LogP) is 2.57. The van der Waals surface area contributed by atoms with Crippen LogP contribution in [-0.4, -0.2) is 44.3 Å². The molecular weight excluding hydrogens is 430 g/mol. The maximum atomic E-state index is 11.1. The van der Waals surface area contributed by atoms with E-state index in [0.29, 0.717) is 11.5 Å². The fourth-order valence-corrected chi connectivity index (χ4v) is 2.97. The monoisotopic (exact) mass is 459 g/mol. The van der Waals surface area contributed by atoms with E-state index < -0.39 is 19.9 Å². The Morgan fingerprint density at radius 2 is 1.10 bits per heavy atom. The summed E-state index contributed by atoms with van der Waals surface area (Å²) in [6, 6.07) is 5.89. The van der Waals surface area contributed by atoms with E-state index in [0.717, 1.165) is 6.26 Å². The van der Waals surface area contributed by atoms with E-state index >= 15 is 0 Å². The fraction of sp³-hybridized carbons (Fsp3) is 0.474. The smallest absolute Gasteiger partial charge is 0.255 e. The van der Waals surface area contributed by atoms with Gasteiger partial charge in [0.2, 0.25) is 0 Å². The molecule has 2 heterocycles. The Morgan fingerprint density at radius 1 is 0.733 bits per heavy atom. The second kappa shape index (κ2) is 9.27. The van der Waals surface area contributed by atoms with Crippen LogP contribution in [0.2, 0.25) is 0 Å². The molecule has 0 atom stereocenters. The fourth-order valence-electron chi connectivity index (χ4n) is 1.95. The lowest BCUT2D eigenvalue weighted by molar-refractivity contribution is 0.129. The van der Waals surface area contributed by atoms with Gasteiger partial charge in [0.25, 0.3) is 10.0 Å². The van der Waals surface area contributed by atoms with Gasteiger partial charge in [0.1, 0.15) is 22.7 Å². The van der Waals surface area contributed by atoms with E-state index in [-0.39, 0.29) is 21.3 Å². The molecule has 9 nitrogen and oxygen atoms in total. The summed E-state index contributed by atoms with van der Waals surface area (Å²) in [6.07, 6.45) is 3.88. The Kier molecular flexibility index (Phi) is 7.97. The number of nitrogens with two attached hydrogens (primary N) is 1. The number of rotatable bonds is 4. The van der Waals surface area contributed by atoms with E-state index in [4.69, 9.17) is 14.6 Å². The molecule has 0 unspecified atom stereocenters. The molecular formula is C19H29N3O6S2. The lowest BCUT2D eigenvalue weighted by Crippen LogP contribution is -2.23. The van der Waals surface area contributed by atoms with Crippen LogP contribution in [0, 0.1) is 0 Å². The van der Waals surface area contributed by atoms with E-state index in [2.05, 4.69) is 9.97 Å². The molecule has 0 spiro atoms. The highest BCUT2D eigenvalue weighted by atomic mass is 32.2. The average molecular weight is 460 g/mol. The number of sulfonamides is 1. The molecule has 0 aliphatic carbocycles. The van der Waals surface area contributed by atoms with Crippen molar-refractivity contribution in [1.29, 1.82) is 0 Å². The maximum Gasteiger partial charge on any atom is 0.255 e. The number of nitrogens with zero attached hydrogens (tertiary/aromatic N) is 2. The van der Waals surface area contributed by atoms with Crippen molar-refractivity contribution in [3.63, 3.8) is 0 Å². The van der Waals surface area contributed by atoms with Gasteiger partial charge in [-0.15, -0.1) is 0 Å². The minimum absolute atomic E-state index is 0.0590. The molecule has 0 saturated carbocycles. The van der Waals surface area contributed by atoms with Crippen molar-refractivity contribution < 1.29 is 26.3 Å². The van der Waals surface area contributed by atoms with Crippen LogP contribution in [0.4, 0.5) is 0 Å². The highest BCUT2D eigenvalue weighted by Gasteiger charge is 2.14. The van der Waals surface area contributed by atoms with Gasteiger partial charge in [0.15, 0.2) is 19.9 Å². The van der Waals surface area contributed by atoms with Gasteiger partial charge in [-0.1, -0.05) is 0 Å². The summed E-state index contributed by atoms with van der Waals surface area (Å²) in [4.78, 5) is 7.52. The summed E-state index contributed by atoms with van der Waals surface area (Å²) < 4.78 is 55.0. The highest BCUT2D eigenvalue weighted by molar-refractivity contribution is 7.90. The van der Waals surface area contributed by atoms with Crippen LogP contribution >= 0.6 is 0 Å². The molecule has 0 fully saturated rings. The molecule has 0 saturated heterocycles. The Labute approximate surface area is 178 Å². The van der Waals surface area contributed by atoms with E-state index in [1.165, 1.54) is 30.6 Å². The summed E-state index contributed by atoms with van der Waals surface area (Å²) in [5, 5.41) is 4.80. The van der Waals surface area contributed by atoms with Crippen LogP contribution in [-0.2, 0) is 19.9 Å². The van der Waals surface area contributed by atoms with Crippen molar-refractivity contribution in [3.05, 3.63) is 36.7 Å². The number of pyridine rings is 2. The first-order valence-corrected chi connectivity index (χ1v) is 12.3. The first kappa shape index (κ1) is 25.8. The Morgan fingerprint density at radius 3 is 1.33 bits per heavy atom. The van der Waals surface area contributed by atoms with Crippen molar-refractivity contribution in [2.24, 2.45) is 5.14 Å². The number of primary sulfonamides is 1. The molecule has 2 rings (SSSR count). The summed E-state index contributed by atoms with van der Waals surface area (Å²) in [7, 11) is -6.96. The number of sulfone groups is 1. The first-order chi connectivity index (χ1) is 13.4. The van der Waals surface area contributed by atoms with Gasteiger partial charge >= 0.3 is 0 Å². The van der Waals surface area contributed by atoms with E-state index in [1.807, 2.05) is 41.5 Å². The second-order valence-corrected chi connectivity index (χ2v) is 11.9. The Bertz CT molecular complexity index is 948. The molecule has 168 valence electrons. The minimum Gasteiger partial charge on any atom is -0.487 e. The SMILES string of the molecule is CC(C)(C)Oc1ccc(S(C)(=O)=O)nc1.CC(C)(C)Oc1ccc(S(N)(=O)=O)nc1. The van der Waals surface area contributed by atoms with Crippen molar-refractivity contribution in [2.75, 3.05) is 6.26 Å². The standard InChI is InChI=1S/C10H15NO3S.C9H14N2O3S/c1-10(2,3)14-8-5-6-9(11-7-8)15(4,12)13;1-9(2,3)14-7-4-5-8(11-6-7)15(10,12)13/h5-7H,1-4H3;4-6H,1-3H3,(H2,10,12,13). The number of aromatic nitrogens is 2. The quantitative estimate of drug-likeness (QED) is 0.736. The summed E-state index contributed by atoms with van der Waals surface area (Å²) >= 11 is 0. The van der Waals surface area contributed by atoms with Gasteiger partial charge in [0, 0.05) is 6.26 Å². The van der Waals surface area contributed by atoms with Crippen molar-refractivity contribution in [1.82, 2.24) is 9.97 Å². The number of hydrogen-bond donors (Lipinski definition) is 1. The van der Waals surface area contributed by atoms with Crippen LogP contribution in [0.25, 0.3) is 0 Å². The third-order valence-electron chi connectivity index (χ3n) is 2.94. The summed E-state index contributed by atoms with van der Waals surface area (Å²) in [5.41, 5.74) is -0.654. The second-order valence-electron chi connectivity index (χ2n) is 8.41. The molecule has 30 heavy (non-hydrogen) atoms. The number of hydrogen-bond acceptors (Lipinski definition) is 8. The molecule has 2 aromatic rings. The average Bonchev–Trinajstić information content (AvgIpc) is 2.51. The van der Waals surface area contributed by atoms with E-state index in [9.17, 15) is 16.8 Å². The zero-order valence-corrected chi connectivity index (χ0v) is 19.8. The predicted molar refractivity (Wildman–Crippen MR) is 114 cm³/mol. The topological polar surface area (TPSA) is 139 Å². The zero-order valence-electron chi connectivity index (χ0n) is 18.2. The largest absolute Gasteiger partial charge is 0.487 e. The van der Waals surface area contributed by atoms with Gasteiger partial charge in [-0.05, 0) is 65.8 Å². The Balaban J connectivity index is 0.000000300. The lowest BCUT2D eigenvalue weighted by atomic mass is 10.2. The molecule has 0 aromatic carbocycles. The molecule has 2 N–H and O–H groups in total. The van der Waals surface area contributed by atoms with Crippen LogP contribution in [0.15, 0.2) is 46.7 Å². The molecule has 0 radical (unpaired) electrons. The van der Waals surface area contributed by atoms with Crippen LogP contribution in [0.3, 0.4) is 0 Å². The first-order valence-electron chi connectivity index (χ1n) is 8.90. The molecule has 0 aliphatic rings. The van der Waals surface area contributed by atoms with Crippen LogP contribution in [0.5, 0.6) is 11.5 Å². The highest BCUT2D eigenvalue weighted by Crippen LogP contribution is 2.18. The minimum atomic E-state index is -3.73. The summed E-state index contributed by atoms with van der Waals surface area (Å²) in [5.74, 6) is 1.07. The van der Waals surface area contributed by atoms with Crippen LogP contribution < -0.4 is 14.6 Å². The van der Waals surface area contributed by atoms with Crippen LogP contribution in [0.1, 0.15) is 41.5 Å².